The highest BCUT2D eigenvalue weighted by molar-refractivity contribution is 5.42. The van der Waals surface area contributed by atoms with Gasteiger partial charge in [0.05, 0.1) is 0 Å². The third-order valence-electron chi connectivity index (χ3n) is 4.05. The van der Waals surface area contributed by atoms with Gasteiger partial charge in [-0.05, 0) is 25.8 Å². The Morgan fingerprint density at radius 2 is 1.83 bits per heavy atom. The summed E-state index contributed by atoms with van der Waals surface area (Å²) in [6, 6.07) is 5.29. The first-order chi connectivity index (χ1) is 8.38. The molecule has 0 saturated heterocycles. The van der Waals surface area contributed by atoms with Gasteiger partial charge >= 0.3 is 0 Å². The molecule has 3 N–H and O–H groups in total. The maximum Gasteiger partial charge on any atom is 0.248 e. The highest BCUT2D eigenvalue weighted by atomic mass is 19.3. The zero-order chi connectivity index (χ0) is 13.4. The zero-order valence-electron chi connectivity index (χ0n) is 10.5. The van der Waals surface area contributed by atoms with E-state index in [9.17, 15) is 13.9 Å². The third kappa shape index (κ3) is 2.34. The van der Waals surface area contributed by atoms with Gasteiger partial charge in [0.15, 0.2) is 0 Å². The van der Waals surface area contributed by atoms with Crippen LogP contribution in [0.1, 0.15) is 36.8 Å². The lowest BCUT2D eigenvalue weighted by Gasteiger charge is -2.40. The van der Waals surface area contributed by atoms with Crippen molar-refractivity contribution in [2.24, 2.45) is 5.73 Å². The number of hydrogen-bond acceptors (Lipinski definition) is 2. The molecule has 4 heteroatoms. The van der Waals surface area contributed by atoms with Gasteiger partial charge in [-0.3, -0.25) is 0 Å². The van der Waals surface area contributed by atoms with E-state index in [2.05, 4.69) is 0 Å². The Kier molecular flexibility index (Phi) is 3.32. The first-order valence-electron chi connectivity index (χ1n) is 6.27. The molecule has 1 aliphatic rings. The van der Waals surface area contributed by atoms with Crippen molar-refractivity contribution in [3.63, 3.8) is 0 Å². The van der Waals surface area contributed by atoms with E-state index < -0.39 is 11.3 Å². The summed E-state index contributed by atoms with van der Waals surface area (Å²) in [5, 5.41) is 9.97. The number of phenols is 1. The van der Waals surface area contributed by atoms with E-state index in [-0.39, 0.29) is 18.6 Å². The Hall–Kier alpha value is -1.16. The lowest BCUT2D eigenvalue weighted by Crippen LogP contribution is -2.42. The van der Waals surface area contributed by atoms with Gasteiger partial charge in [0.1, 0.15) is 5.75 Å². The number of rotatable bonds is 2. The topological polar surface area (TPSA) is 46.2 Å². The van der Waals surface area contributed by atoms with Crippen molar-refractivity contribution < 1.29 is 13.9 Å². The molecule has 1 aromatic carbocycles. The van der Waals surface area contributed by atoms with Gasteiger partial charge in [-0.1, -0.05) is 17.7 Å². The van der Waals surface area contributed by atoms with E-state index >= 15 is 0 Å². The van der Waals surface area contributed by atoms with E-state index in [4.69, 9.17) is 5.73 Å². The van der Waals surface area contributed by atoms with Crippen molar-refractivity contribution in [1.29, 1.82) is 0 Å². The molecule has 0 bridgehead atoms. The minimum atomic E-state index is -2.59. The van der Waals surface area contributed by atoms with Gasteiger partial charge in [-0.25, -0.2) is 8.78 Å². The molecule has 1 saturated carbocycles. The normalized spacial score (nSPS) is 21.8. The molecule has 1 aliphatic carbocycles. The lowest BCUT2D eigenvalue weighted by atomic mass is 9.68. The SMILES string of the molecule is Cc1ccc(O)c(C2(CN)CCC(F)(F)CC2)c1. The van der Waals surface area contributed by atoms with Crippen LogP contribution in [0.2, 0.25) is 0 Å². The Morgan fingerprint density at radius 3 is 2.39 bits per heavy atom. The van der Waals surface area contributed by atoms with Crippen molar-refractivity contribution in [2.45, 2.75) is 43.9 Å². The van der Waals surface area contributed by atoms with Crippen molar-refractivity contribution in [1.82, 2.24) is 0 Å². The number of phenolic OH excluding ortho intramolecular Hbond substituents is 1. The minimum absolute atomic E-state index is 0.155. The van der Waals surface area contributed by atoms with Crippen LogP contribution in [-0.4, -0.2) is 17.6 Å². The predicted octanol–water partition coefficient (Wildman–Crippen LogP) is 3.11. The molecule has 0 spiro atoms. The molecule has 2 nitrogen and oxygen atoms in total. The van der Waals surface area contributed by atoms with Gasteiger partial charge in [0, 0.05) is 30.4 Å². The number of benzene rings is 1. The molecule has 18 heavy (non-hydrogen) atoms. The maximum absolute atomic E-state index is 13.3. The van der Waals surface area contributed by atoms with E-state index in [0.717, 1.165) is 11.1 Å². The van der Waals surface area contributed by atoms with Crippen molar-refractivity contribution in [3.05, 3.63) is 29.3 Å². The Morgan fingerprint density at radius 1 is 1.22 bits per heavy atom. The molecular formula is C14H19F2NO. The Bertz CT molecular complexity index is 435. The zero-order valence-corrected chi connectivity index (χ0v) is 10.5. The number of aryl methyl sites for hydroxylation is 1. The minimum Gasteiger partial charge on any atom is -0.508 e. The van der Waals surface area contributed by atoms with Crippen molar-refractivity contribution in [3.8, 4) is 5.75 Å². The quantitative estimate of drug-likeness (QED) is 0.853. The molecule has 2 rings (SSSR count). The van der Waals surface area contributed by atoms with Gasteiger partial charge in [0.2, 0.25) is 5.92 Å². The van der Waals surface area contributed by atoms with Crippen LogP contribution in [0.25, 0.3) is 0 Å². The molecule has 0 heterocycles. The molecule has 0 unspecified atom stereocenters. The standard InChI is InChI=1S/C14H19F2NO/c1-10-2-3-12(18)11(8-10)13(9-17)4-6-14(15,16)7-5-13/h2-3,8,18H,4-7,9,17H2,1H3. The summed E-state index contributed by atoms with van der Waals surface area (Å²) in [6.45, 7) is 2.21. The summed E-state index contributed by atoms with van der Waals surface area (Å²) in [5.74, 6) is -2.42. The number of hydrogen-bond donors (Lipinski definition) is 2. The number of nitrogens with two attached hydrogens (primary N) is 1. The third-order valence-corrected chi connectivity index (χ3v) is 4.05. The van der Waals surface area contributed by atoms with Crippen LogP contribution >= 0.6 is 0 Å². The van der Waals surface area contributed by atoms with Crippen LogP contribution in [0, 0.1) is 6.92 Å². The molecule has 0 radical (unpaired) electrons. The van der Waals surface area contributed by atoms with Gasteiger partial charge < -0.3 is 10.8 Å². The maximum atomic E-state index is 13.3. The summed E-state index contributed by atoms with van der Waals surface area (Å²) in [4.78, 5) is 0. The highest BCUT2D eigenvalue weighted by Gasteiger charge is 2.44. The van der Waals surface area contributed by atoms with Crippen LogP contribution in [0.15, 0.2) is 18.2 Å². The molecule has 0 amide bonds. The average Bonchev–Trinajstić information content (AvgIpc) is 2.33. The van der Waals surface area contributed by atoms with Gasteiger partial charge in [0.25, 0.3) is 0 Å². The molecule has 1 aromatic rings. The summed E-state index contributed by atoms with van der Waals surface area (Å²) in [5.41, 5.74) is 7.05. The van der Waals surface area contributed by atoms with Crippen LogP contribution in [0.3, 0.4) is 0 Å². The van der Waals surface area contributed by atoms with E-state index in [0.29, 0.717) is 19.4 Å². The summed E-state index contributed by atoms with van der Waals surface area (Å²) in [6.07, 6.45) is 0.343. The summed E-state index contributed by atoms with van der Waals surface area (Å²) < 4.78 is 26.6. The van der Waals surface area contributed by atoms with E-state index in [1.807, 2.05) is 13.0 Å². The molecule has 1 fully saturated rings. The van der Waals surface area contributed by atoms with Crippen LogP contribution in [0.5, 0.6) is 5.75 Å². The first-order valence-corrected chi connectivity index (χ1v) is 6.27. The second kappa shape index (κ2) is 4.50. The fraction of sp³-hybridized carbons (Fsp3) is 0.571. The number of aromatic hydroxyl groups is 1. The summed E-state index contributed by atoms with van der Waals surface area (Å²) >= 11 is 0. The Labute approximate surface area is 106 Å². The second-order valence-electron chi connectivity index (χ2n) is 5.36. The molecule has 100 valence electrons. The smallest absolute Gasteiger partial charge is 0.248 e. The monoisotopic (exact) mass is 255 g/mol. The van der Waals surface area contributed by atoms with Crippen LogP contribution in [0.4, 0.5) is 8.78 Å². The van der Waals surface area contributed by atoms with Crippen molar-refractivity contribution >= 4 is 0 Å². The van der Waals surface area contributed by atoms with E-state index in [1.54, 1.807) is 12.1 Å². The summed E-state index contributed by atoms with van der Waals surface area (Å²) in [7, 11) is 0. The lowest BCUT2D eigenvalue weighted by molar-refractivity contribution is -0.0511. The number of alkyl halides is 2. The van der Waals surface area contributed by atoms with Gasteiger partial charge in [-0.2, -0.15) is 0 Å². The fourth-order valence-corrected chi connectivity index (χ4v) is 2.75. The van der Waals surface area contributed by atoms with Crippen LogP contribution < -0.4 is 5.73 Å². The molecule has 0 aliphatic heterocycles. The second-order valence-corrected chi connectivity index (χ2v) is 5.36. The average molecular weight is 255 g/mol. The predicted molar refractivity (Wildman–Crippen MR) is 67.0 cm³/mol. The van der Waals surface area contributed by atoms with Crippen LogP contribution in [-0.2, 0) is 5.41 Å². The van der Waals surface area contributed by atoms with Crippen molar-refractivity contribution in [2.75, 3.05) is 6.54 Å². The van der Waals surface area contributed by atoms with Gasteiger partial charge in [-0.15, -0.1) is 0 Å². The number of halogens is 2. The Balaban J connectivity index is 2.36. The van der Waals surface area contributed by atoms with E-state index in [1.165, 1.54) is 0 Å². The molecule has 0 aromatic heterocycles. The highest BCUT2D eigenvalue weighted by Crippen LogP contribution is 2.47. The molecular weight excluding hydrogens is 236 g/mol. The fourth-order valence-electron chi connectivity index (χ4n) is 2.75. The molecule has 0 atom stereocenters. The first kappa shape index (κ1) is 13.3. The largest absolute Gasteiger partial charge is 0.508 e.